The minimum atomic E-state index is 0.209. The Bertz CT molecular complexity index is 294. The molecule has 78 valence electrons. The molecular weight excluding hydrogens is 278 g/mol. The van der Waals surface area contributed by atoms with E-state index in [1.807, 2.05) is 11.8 Å². The molecule has 0 aliphatic carbocycles. The van der Waals surface area contributed by atoms with Gasteiger partial charge >= 0.3 is 0 Å². The molecule has 2 heterocycles. The van der Waals surface area contributed by atoms with Gasteiger partial charge in [-0.3, -0.25) is 0 Å². The van der Waals surface area contributed by atoms with Crippen LogP contribution in [0.15, 0.2) is 15.2 Å². The summed E-state index contributed by atoms with van der Waals surface area (Å²) < 4.78 is 1.18. The molecule has 2 unspecified atom stereocenters. The van der Waals surface area contributed by atoms with Gasteiger partial charge < -0.3 is 5.73 Å². The predicted octanol–water partition coefficient (Wildman–Crippen LogP) is 3.80. The lowest BCUT2D eigenvalue weighted by atomic mass is 10.0. The third-order valence-electron chi connectivity index (χ3n) is 2.62. The molecule has 2 atom stereocenters. The molecule has 4 heteroatoms. The maximum atomic E-state index is 6.27. The van der Waals surface area contributed by atoms with Crippen LogP contribution in [0.25, 0.3) is 0 Å². The van der Waals surface area contributed by atoms with Gasteiger partial charge in [-0.25, -0.2) is 0 Å². The van der Waals surface area contributed by atoms with Crippen LogP contribution in [0.5, 0.6) is 0 Å². The summed E-state index contributed by atoms with van der Waals surface area (Å²) >= 11 is 7.31. The van der Waals surface area contributed by atoms with Gasteiger partial charge in [-0.15, -0.1) is 0 Å². The van der Waals surface area contributed by atoms with Crippen molar-refractivity contribution in [2.75, 3.05) is 5.75 Å². The van der Waals surface area contributed by atoms with E-state index in [0.29, 0.717) is 5.25 Å². The first-order chi connectivity index (χ1) is 6.79. The third kappa shape index (κ3) is 2.35. The summed E-state index contributed by atoms with van der Waals surface area (Å²) in [5.74, 6) is 1.28. The van der Waals surface area contributed by atoms with Gasteiger partial charge in [0, 0.05) is 21.1 Å². The fourth-order valence-corrected chi connectivity index (χ4v) is 4.75. The van der Waals surface area contributed by atoms with Gasteiger partial charge in [-0.1, -0.05) is 6.42 Å². The zero-order valence-electron chi connectivity index (χ0n) is 7.91. The molecule has 0 amide bonds. The minimum Gasteiger partial charge on any atom is -0.323 e. The molecule has 0 radical (unpaired) electrons. The van der Waals surface area contributed by atoms with Crippen LogP contribution in [-0.4, -0.2) is 11.0 Å². The van der Waals surface area contributed by atoms with E-state index in [-0.39, 0.29) is 6.04 Å². The molecule has 1 nitrogen and oxygen atoms in total. The maximum Gasteiger partial charge on any atom is 0.0435 e. The minimum absolute atomic E-state index is 0.209. The van der Waals surface area contributed by atoms with Crippen LogP contribution in [0.2, 0.25) is 0 Å². The summed E-state index contributed by atoms with van der Waals surface area (Å²) in [6.07, 6.45) is 3.97. The maximum absolute atomic E-state index is 6.27. The van der Waals surface area contributed by atoms with E-state index >= 15 is 0 Å². The van der Waals surface area contributed by atoms with E-state index in [0.717, 1.165) is 0 Å². The van der Waals surface area contributed by atoms with Crippen molar-refractivity contribution >= 4 is 39.0 Å². The molecule has 1 aromatic heterocycles. The predicted molar refractivity (Wildman–Crippen MR) is 69.0 cm³/mol. The van der Waals surface area contributed by atoms with Crippen molar-refractivity contribution in [3.63, 3.8) is 0 Å². The lowest BCUT2D eigenvalue weighted by molar-refractivity contribution is 0.582. The summed E-state index contributed by atoms with van der Waals surface area (Å²) in [4.78, 5) is 0. The highest BCUT2D eigenvalue weighted by atomic mass is 79.9. The fraction of sp³-hybridized carbons (Fsp3) is 0.600. The highest BCUT2D eigenvalue weighted by Gasteiger charge is 2.24. The smallest absolute Gasteiger partial charge is 0.0435 e. The summed E-state index contributed by atoms with van der Waals surface area (Å²) in [7, 11) is 0. The Labute approximate surface area is 102 Å². The number of rotatable bonds is 2. The first-order valence-electron chi connectivity index (χ1n) is 4.88. The third-order valence-corrected chi connectivity index (χ3v) is 5.85. The Hall–Kier alpha value is 0.490. The Morgan fingerprint density at radius 2 is 2.29 bits per heavy atom. The van der Waals surface area contributed by atoms with E-state index in [4.69, 9.17) is 5.73 Å². The molecule has 1 saturated heterocycles. The van der Waals surface area contributed by atoms with Gasteiger partial charge in [0.1, 0.15) is 0 Å². The molecule has 0 saturated carbocycles. The van der Waals surface area contributed by atoms with Crippen LogP contribution >= 0.6 is 39.0 Å². The van der Waals surface area contributed by atoms with E-state index < -0.39 is 0 Å². The lowest BCUT2D eigenvalue weighted by Crippen LogP contribution is -2.26. The molecule has 1 aromatic rings. The fourth-order valence-electron chi connectivity index (χ4n) is 1.78. The topological polar surface area (TPSA) is 26.0 Å². The monoisotopic (exact) mass is 291 g/mol. The number of nitrogens with two attached hydrogens (primary N) is 1. The van der Waals surface area contributed by atoms with Gasteiger partial charge in [0.25, 0.3) is 0 Å². The van der Waals surface area contributed by atoms with Gasteiger partial charge in [0.15, 0.2) is 0 Å². The lowest BCUT2D eigenvalue weighted by Gasteiger charge is -2.26. The molecule has 1 aliphatic rings. The molecule has 14 heavy (non-hydrogen) atoms. The second-order valence-electron chi connectivity index (χ2n) is 3.61. The highest BCUT2D eigenvalue weighted by Crippen LogP contribution is 2.36. The summed E-state index contributed by atoms with van der Waals surface area (Å²) in [5.41, 5.74) is 7.56. The van der Waals surface area contributed by atoms with E-state index in [9.17, 15) is 0 Å². The van der Waals surface area contributed by atoms with Crippen molar-refractivity contribution in [2.45, 2.75) is 30.6 Å². The molecule has 0 spiro atoms. The van der Waals surface area contributed by atoms with Crippen LogP contribution in [-0.2, 0) is 0 Å². The highest BCUT2D eigenvalue weighted by molar-refractivity contribution is 9.10. The van der Waals surface area contributed by atoms with Crippen molar-refractivity contribution in [1.29, 1.82) is 0 Å². The number of hydrogen-bond acceptors (Lipinski definition) is 3. The Balaban J connectivity index is 2.07. The van der Waals surface area contributed by atoms with Gasteiger partial charge in [-0.05, 0) is 45.5 Å². The summed E-state index contributed by atoms with van der Waals surface area (Å²) in [6, 6.07) is 0.209. The molecule has 2 N–H and O–H groups in total. The quantitative estimate of drug-likeness (QED) is 0.897. The van der Waals surface area contributed by atoms with Gasteiger partial charge in [0.2, 0.25) is 0 Å². The molecular formula is C10H14BrNS2. The average Bonchev–Trinajstić information content (AvgIpc) is 2.65. The van der Waals surface area contributed by atoms with Crippen molar-refractivity contribution in [3.05, 3.63) is 20.8 Å². The van der Waals surface area contributed by atoms with E-state index in [1.54, 1.807) is 11.3 Å². The molecule has 0 bridgehead atoms. The molecule has 2 rings (SSSR count). The average molecular weight is 292 g/mol. The molecule has 1 aliphatic heterocycles. The van der Waals surface area contributed by atoms with E-state index in [2.05, 4.69) is 26.7 Å². The first-order valence-corrected chi connectivity index (χ1v) is 7.66. The normalized spacial score (nSPS) is 24.9. The van der Waals surface area contributed by atoms with Gasteiger partial charge in [-0.2, -0.15) is 23.1 Å². The number of thioether (sulfide) groups is 1. The van der Waals surface area contributed by atoms with Crippen molar-refractivity contribution < 1.29 is 0 Å². The van der Waals surface area contributed by atoms with Gasteiger partial charge in [0.05, 0.1) is 0 Å². The molecule has 0 aromatic carbocycles. The Kier molecular flexibility index (Phi) is 3.93. The first kappa shape index (κ1) is 11.0. The number of hydrogen-bond donors (Lipinski definition) is 1. The van der Waals surface area contributed by atoms with Crippen LogP contribution in [0.1, 0.15) is 30.9 Å². The second-order valence-corrected chi connectivity index (χ2v) is 6.55. The summed E-state index contributed by atoms with van der Waals surface area (Å²) in [5, 5.41) is 4.90. The van der Waals surface area contributed by atoms with Crippen molar-refractivity contribution in [2.24, 2.45) is 5.73 Å². The van der Waals surface area contributed by atoms with Crippen LogP contribution < -0.4 is 5.73 Å². The zero-order valence-corrected chi connectivity index (χ0v) is 11.1. The van der Waals surface area contributed by atoms with Crippen LogP contribution in [0.4, 0.5) is 0 Å². The zero-order chi connectivity index (χ0) is 9.97. The SMILES string of the molecule is NC(c1cscc1Br)C1CCCCS1. The Morgan fingerprint density at radius 1 is 1.43 bits per heavy atom. The standard InChI is InChI=1S/C10H14BrNS2/c11-8-6-13-5-7(8)10(12)9-3-1-2-4-14-9/h5-6,9-10H,1-4,12H2. The summed E-state index contributed by atoms with van der Waals surface area (Å²) in [6.45, 7) is 0. The van der Waals surface area contributed by atoms with Crippen LogP contribution in [0, 0.1) is 0 Å². The van der Waals surface area contributed by atoms with Crippen molar-refractivity contribution in [3.8, 4) is 0 Å². The largest absolute Gasteiger partial charge is 0.323 e. The Morgan fingerprint density at radius 3 is 2.86 bits per heavy atom. The number of halogens is 1. The van der Waals surface area contributed by atoms with E-state index in [1.165, 1.54) is 35.1 Å². The molecule has 1 fully saturated rings. The second kappa shape index (κ2) is 5.01. The van der Waals surface area contributed by atoms with Crippen LogP contribution in [0.3, 0.4) is 0 Å². The number of thiophene rings is 1. The van der Waals surface area contributed by atoms with Crippen molar-refractivity contribution in [1.82, 2.24) is 0 Å².